The van der Waals surface area contributed by atoms with Crippen molar-refractivity contribution in [2.24, 2.45) is 0 Å². The molecule has 0 aromatic rings. The maximum absolute atomic E-state index is 10.9. The van der Waals surface area contributed by atoms with E-state index in [4.69, 9.17) is 14.9 Å². The van der Waals surface area contributed by atoms with Crippen LogP contribution < -0.4 is 0 Å². The van der Waals surface area contributed by atoms with Gasteiger partial charge in [0.2, 0.25) is 0 Å². The van der Waals surface area contributed by atoms with Gasteiger partial charge in [-0.15, -0.1) is 6.58 Å². The third-order valence-corrected chi connectivity index (χ3v) is 1.50. The van der Waals surface area contributed by atoms with Crippen LogP contribution in [0, 0.1) is 0 Å². The van der Waals surface area contributed by atoms with Gasteiger partial charge in [-0.2, -0.15) is 0 Å². The topological polar surface area (TPSA) is 76.0 Å². The molecule has 0 saturated carbocycles. The van der Waals surface area contributed by atoms with Crippen LogP contribution >= 0.6 is 0 Å². The van der Waals surface area contributed by atoms with Gasteiger partial charge in [0.25, 0.3) is 0 Å². The van der Waals surface area contributed by atoms with E-state index in [9.17, 15) is 4.79 Å². The molecule has 5 heteroatoms. The maximum Gasteiger partial charge on any atom is 0.339 e. The molecule has 0 amide bonds. The maximum atomic E-state index is 10.9. The second kappa shape index (κ2) is 8.16. The van der Waals surface area contributed by atoms with Crippen molar-refractivity contribution in [2.45, 2.75) is 12.2 Å². The van der Waals surface area contributed by atoms with Gasteiger partial charge >= 0.3 is 5.97 Å². The van der Waals surface area contributed by atoms with Crippen molar-refractivity contribution in [3.63, 3.8) is 0 Å². The highest BCUT2D eigenvalue weighted by Gasteiger charge is 2.11. The van der Waals surface area contributed by atoms with Gasteiger partial charge in [-0.25, -0.2) is 4.79 Å². The SMILES string of the molecule is C=CC(O)COCCOC(=O)C(O)C=C. The molecule has 2 N–H and O–H groups in total. The molecule has 0 fully saturated rings. The van der Waals surface area contributed by atoms with Gasteiger partial charge in [-0.05, 0) is 0 Å². The Morgan fingerprint density at radius 1 is 1.27 bits per heavy atom. The fourth-order valence-electron chi connectivity index (χ4n) is 0.655. The van der Waals surface area contributed by atoms with Crippen molar-refractivity contribution in [2.75, 3.05) is 19.8 Å². The predicted molar refractivity (Wildman–Crippen MR) is 54.2 cm³/mol. The van der Waals surface area contributed by atoms with Gasteiger partial charge in [0.05, 0.1) is 19.3 Å². The van der Waals surface area contributed by atoms with E-state index in [1.165, 1.54) is 6.08 Å². The van der Waals surface area contributed by atoms with Gasteiger partial charge in [0, 0.05) is 0 Å². The summed E-state index contributed by atoms with van der Waals surface area (Å²) in [5, 5.41) is 17.9. The molecule has 0 bridgehead atoms. The monoisotopic (exact) mass is 216 g/mol. The zero-order chi connectivity index (χ0) is 11.7. The molecule has 0 heterocycles. The summed E-state index contributed by atoms with van der Waals surface area (Å²) in [7, 11) is 0. The molecule has 2 unspecified atom stereocenters. The van der Waals surface area contributed by atoms with Crippen LogP contribution in [0.5, 0.6) is 0 Å². The molecule has 0 aromatic heterocycles. The van der Waals surface area contributed by atoms with Crippen LogP contribution in [-0.2, 0) is 14.3 Å². The van der Waals surface area contributed by atoms with E-state index < -0.39 is 18.2 Å². The van der Waals surface area contributed by atoms with Crippen molar-refractivity contribution >= 4 is 5.97 Å². The van der Waals surface area contributed by atoms with Crippen molar-refractivity contribution in [1.29, 1.82) is 0 Å². The second-order valence-corrected chi connectivity index (χ2v) is 2.73. The molecule has 0 aliphatic carbocycles. The highest BCUT2D eigenvalue weighted by Crippen LogP contribution is 1.91. The first kappa shape index (κ1) is 13.8. The van der Waals surface area contributed by atoms with E-state index in [1.54, 1.807) is 0 Å². The number of aliphatic hydroxyl groups excluding tert-OH is 2. The molecule has 0 rings (SSSR count). The molecule has 0 aromatic carbocycles. The first-order valence-corrected chi connectivity index (χ1v) is 4.47. The largest absolute Gasteiger partial charge is 0.461 e. The normalized spacial score (nSPS) is 14.0. The predicted octanol–water partition coefficient (Wildman–Crippen LogP) is -0.360. The highest BCUT2D eigenvalue weighted by molar-refractivity contribution is 5.76. The summed E-state index contributed by atoms with van der Waals surface area (Å²) < 4.78 is 9.56. The van der Waals surface area contributed by atoms with Crippen LogP contribution in [0.15, 0.2) is 25.3 Å². The first-order chi connectivity index (χ1) is 7.11. The fourth-order valence-corrected chi connectivity index (χ4v) is 0.655. The fraction of sp³-hybridized carbons (Fsp3) is 0.500. The molecular formula is C10H16O5. The van der Waals surface area contributed by atoms with Crippen LogP contribution in [0.4, 0.5) is 0 Å². The van der Waals surface area contributed by atoms with Crippen LogP contribution in [0.25, 0.3) is 0 Å². The Morgan fingerprint density at radius 2 is 1.93 bits per heavy atom. The lowest BCUT2D eigenvalue weighted by Gasteiger charge is -2.08. The second-order valence-electron chi connectivity index (χ2n) is 2.73. The lowest BCUT2D eigenvalue weighted by atomic mass is 10.4. The van der Waals surface area contributed by atoms with Gasteiger partial charge in [-0.3, -0.25) is 0 Å². The quantitative estimate of drug-likeness (QED) is 0.329. The number of carbonyl (C=O) groups is 1. The number of hydrogen-bond acceptors (Lipinski definition) is 5. The number of rotatable bonds is 8. The van der Waals surface area contributed by atoms with E-state index in [0.29, 0.717) is 0 Å². The third-order valence-electron chi connectivity index (χ3n) is 1.50. The standard InChI is InChI=1S/C10H16O5/c1-3-8(11)7-14-5-6-15-10(13)9(12)4-2/h3-4,8-9,11-12H,1-2,5-7H2. The summed E-state index contributed by atoms with van der Waals surface area (Å²) in [6.07, 6.45) is 0.390. The minimum atomic E-state index is -1.30. The summed E-state index contributed by atoms with van der Waals surface area (Å²) in [6.45, 7) is 6.87. The first-order valence-electron chi connectivity index (χ1n) is 4.47. The number of carbonyl (C=O) groups excluding carboxylic acids is 1. The Morgan fingerprint density at radius 3 is 2.47 bits per heavy atom. The molecule has 0 saturated heterocycles. The zero-order valence-corrected chi connectivity index (χ0v) is 8.46. The number of hydrogen-bond donors (Lipinski definition) is 2. The van der Waals surface area contributed by atoms with Gasteiger partial charge in [0.1, 0.15) is 6.61 Å². The molecule has 15 heavy (non-hydrogen) atoms. The Hall–Kier alpha value is -1.17. The summed E-state index contributed by atoms with van der Waals surface area (Å²) in [5.41, 5.74) is 0. The molecular weight excluding hydrogens is 200 g/mol. The van der Waals surface area contributed by atoms with Gasteiger partial charge < -0.3 is 19.7 Å². The van der Waals surface area contributed by atoms with E-state index in [0.717, 1.165) is 6.08 Å². The van der Waals surface area contributed by atoms with Crippen molar-refractivity contribution < 1.29 is 24.5 Å². The van der Waals surface area contributed by atoms with Crippen LogP contribution in [0.3, 0.4) is 0 Å². The third kappa shape index (κ3) is 6.84. The molecule has 2 atom stereocenters. The van der Waals surface area contributed by atoms with Crippen LogP contribution in [-0.4, -0.2) is 48.2 Å². The zero-order valence-electron chi connectivity index (χ0n) is 8.46. The summed E-state index contributed by atoms with van der Waals surface area (Å²) in [4.78, 5) is 10.9. The highest BCUT2D eigenvalue weighted by atomic mass is 16.6. The Labute approximate surface area is 88.6 Å². The average molecular weight is 216 g/mol. The lowest BCUT2D eigenvalue weighted by molar-refractivity contribution is -0.152. The Kier molecular flexibility index (Phi) is 7.53. The summed E-state index contributed by atoms with van der Waals surface area (Å²) >= 11 is 0. The molecule has 5 nitrogen and oxygen atoms in total. The minimum Gasteiger partial charge on any atom is -0.461 e. The van der Waals surface area contributed by atoms with E-state index in [2.05, 4.69) is 17.9 Å². The minimum absolute atomic E-state index is 0.0214. The van der Waals surface area contributed by atoms with Gasteiger partial charge in [0.15, 0.2) is 6.10 Å². The Balaban J connectivity index is 3.42. The molecule has 86 valence electrons. The van der Waals surface area contributed by atoms with Crippen molar-refractivity contribution in [1.82, 2.24) is 0 Å². The smallest absolute Gasteiger partial charge is 0.339 e. The Bertz CT molecular complexity index is 214. The van der Waals surface area contributed by atoms with E-state index >= 15 is 0 Å². The number of ether oxygens (including phenoxy) is 2. The molecule has 0 aliphatic heterocycles. The van der Waals surface area contributed by atoms with Crippen LogP contribution in [0.1, 0.15) is 0 Å². The molecule has 0 radical (unpaired) electrons. The average Bonchev–Trinajstić information content (AvgIpc) is 2.26. The van der Waals surface area contributed by atoms with Crippen molar-refractivity contribution in [3.8, 4) is 0 Å². The number of esters is 1. The van der Waals surface area contributed by atoms with Crippen molar-refractivity contribution in [3.05, 3.63) is 25.3 Å². The van der Waals surface area contributed by atoms with Gasteiger partial charge in [-0.1, -0.05) is 18.7 Å². The lowest BCUT2D eigenvalue weighted by Crippen LogP contribution is -2.23. The number of aliphatic hydroxyl groups is 2. The van der Waals surface area contributed by atoms with Crippen LogP contribution in [0.2, 0.25) is 0 Å². The van der Waals surface area contributed by atoms with E-state index in [-0.39, 0.29) is 19.8 Å². The molecule has 0 spiro atoms. The van der Waals surface area contributed by atoms with E-state index in [1.807, 2.05) is 0 Å². The summed E-state index contributed by atoms with van der Waals surface area (Å²) in [6, 6.07) is 0. The molecule has 0 aliphatic rings. The summed E-state index contributed by atoms with van der Waals surface area (Å²) in [5.74, 6) is -0.766.